The first-order valence-electron chi connectivity index (χ1n) is 12.1. The summed E-state index contributed by atoms with van der Waals surface area (Å²) in [5.41, 5.74) is 2.35. The molecule has 0 radical (unpaired) electrons. The molecule has 0 atom stereocenters. The molecule has 3 rings (SSSR count). The summed E-state index contributed by atoms with van der Waals surface area (Å²) >= 11 is 1.70. The van der Waals surface area contributed by atoms with Crippen molar-refractivity contribution in [2.45, 2.75) is 72.5 Å². The Morgan fingerprint density at radius 3 is 1.94 bits per heavy atom. The zero-order chi connectivity index (χ0) is 25.8. The van der Waals surface area contributed by atoms with E-state index < -0.39 is 5.54 Å². The Balaban J connectivity index is 1.85. The minimum atomic E-state index is -0.507. The van der Waals surface area contributed by atoms with E-state index in [4.69, 9.17) is 0 Å². The first-order chi connectivity index (χ1) is 16.3. The van der Waals surface area contributed by atoms with Crippen LogP contribution in [0.1, 0.15) is 72.8 Å². The second-order valence-corrected chi connectivity index (χ2v) is 12.5. The van der Waals surface area contributed by atoms with Crippen LogP contribution in [0.5, 0.6) is 0 Å². The van der Waals surface area contributed by atoms with Crippen LogP contribution >= 0.6 is 11.3 Å². The van der Waals surface area contributed by atoms with Crippen LogP contribution in [0.3, 0.4) is 0 Å². The fraction of sp³-hybridized carbons (Fsp3) is 0.400. The molecule has 0 saturated heterocycles. The zero-order valence-corrected chi connectivity index (χ0v) is 22.9. The molecule has 2 amide bonds. The first-order valence-corrected chi connectivity index (χ1v) is 13.0. The van der Waals surface area contributed by atoms with Crippen LogP contribution in [0.4, 0.5) is 0 Å². The number of amides is 2. The highest BCUT2D eigenvalue weighted by Gasteiger charge is 2.31. The molecule has 0 aliphatic heterocycles. The topological polar surface area (TPSA) is 40.6 Å². The molecule has 0 aliphatic rings. The summed E-state index contributed by atoms with van der Waals surface area (Å²) in [6.07, 6.45) is 0. The largest absolute Gasteiger partial charge is 0.332 e. The molecule has 3 aromatic rings. The van der Waals surface area contributed by atoms with Crippen molar-refractivity contribution in [2.24, 2.45) is 0 Å². The average molecular weight is 491 g/mol. The van der Waals surface area contributed by atoms with E-state index in [0.29, 0.717) is 18.7 Å². The standard InChI is InChI=1S/C30H38N2O2S/c1-22-13-18-26(35-22)20-31(19-23-11-9-8-10-12-23)27(33)21-32(30(5,6)7)28(34)24-14-16-25(17-15-24)29(2,3)4/h8-18H,19-21H2,1-7H3. The van der Waals surface area contributed by atoms with E-state index in [1.165, 1.54) is 10.4 Å². The predicted molar refractivity (Wildman–Crippen MR) is 146 cm³/mol. The molecule has 5 heteroatoms. The maximum atomic E-state index is 13.7. The van der Waals surface area contributed by atoms with Crippen LogP contribution in [0.15, 0.2) is 66.7 Å². The van der Waals surface area contributed by atoms with Crippen molar-refractivity contribution in [3.8, 4) is 0 Å². The fourth-order valence-electron chi connectivity index (χ4n) is 3.91. The van der Waals surface area contributed by atoms with Crippen molar-refractivity contribution < 1.29 is 9.59 Å². The van der Waals surface area contributed by atoms with Crippen LogP contribution in [0, 0.1) is 6.92 Å². The van der Waals surface area contributed by atoms with E-state index >= 15 is 0 Å². The molecule has 4 nitrogen and oxygen atoms in total. The van der Waals surface area contributed by atoms with E-state index in [1.54, 1.807) is 16.2 Å². The van der Waals surface area contributed by atoms with E-state index in [1.807, 2.05) is 80.3 Å². The monoisotopic (exact) mass is 490 g/mol. The van der Waals surface area contributed by atoms with Crippen molar-refractivity contribution in [3.63, 3.8) is 0 Å². The highest BCUT2D eigenvalue weighted by molar-refractivity contribution is 7.11. The molecule has 2 aromatic carbocycles. The van der Waals surface area contributed by atoms with E-state index in [9.17, 15) is 9.59 Å². The van der Waals surface area contributed by atoms with Gasteiger partial charge in [0.05, 0.1) is 6.54 Å². The van der Waals surface area contributed by atoms with Gasteiger partial charge < -0.3 is 9.80 Å². The smallest absolute Gasteiger partial charge is 0.254 e. The van der Waals surface area contributed by atoms with E-state index in [0.717, 1.165) is 10.4 Å². The number of aryl methyl sites for hydroxylation is 1. The maximum absolute atomic E-state index is 13.7. The molecule has 0 fully saturated rings. The summed E-state index contributed by atoms with van der Waals surface area (Å²) in [6, 6.07) is 21.9. The number of benzene rings is 2. The van der Waals surface area contributed by atoms with Gasteiger partial charge in [0, 0.05) is 27.4 Å². The van der Waals surface area contributed by atoms with Gasteiger partial charge in [0.15, 0.2) is 0 Å². The van der Waals surface area contributed by atoms with Crippen LogP contribution in [-0.2, 0) is 23.3 Å². The molecule has 0 saturated carbocycles. The number of carbonyl (C=O) groups is 2. The van der Waals surface area contributed by atoms with E-state index in [-0.39, 0.29) is 23.8 Å². The number of carbonyl (C=O) groups excluding carboxylic acids is 2. The van der Waals surface area contributed by atoms with Crippen molar-refractivity contribution in [2.75, 3.05) is 6.54 Å². The second kappa shape index (κ2) is 10.8. The van der Waals surface area contributed by atoms with Crippen LogP contribution in [0.2, 0.25) is 0 Å². The minimum Gasteiger partial charge on any atom is -0.332 e. The van der Waals surface area contributed by atoms with Gasteiger partial charge in [-0.05, 0) is 68.5 Å². The SMILES string of the molecule is Cc1ccc(CN(Cc2ccccc2)C(=O)CN(C(=O)c2ccc(C(C)(C)C)cc2)C(C)(C)C)s1. The molecule has 0 unspecified atom stereocenters. The Morgan fingerprint density at radius 2 is 1.43 bits per heavy atom. The highest BCUT2D eigenvalue weighted by atomic mass is 32.1. The lowest BCUT2D eigenvalue weighted by atomic mass is 9.86. The number of hydrogen-bond donors (Lipinski definition) is 0. The van der Waals surface area contributed by atoms with Gasteiger partial charge in [-0.3, -0.25) is 9.59 Å². The van der Waals surface area contributed by atoms with Gasteiger partial charge in [0.1, 0.15) is 6.54 Å². The average Bonchev–Trinajstić information content (AvgIpc) is 3.20. The van der Waals surface area contributed by atoms with Crippen molar-refractivity contribution in [3.05, 3.63) is 93.2 Å². The Kier molecular flexibility index (Phi) is 8.22. The summed E-state index contributed by atoms with van der Waals surface area (Å²) in [4.78, 5) is 33.2. The second-order valence-electron chi connectivity index (χ2n) is 11.1. The number of thiophene rings is 1. The van der Waals surface area contributed by atoms with Crippen molar-refractivity contribution in [1.29, 1.82) is 0 Å². The van der Waals surface area contributed by atoms with Gasteiger partial charge in [0.25, 0.3) is 5.91 Å². The Hall–Kier alpha value is -2.92. The van der Waals surface area contributed by atoms with Gasteiger partial charge in [-0.2, -0.15) is 0 Å². The van der Waals surface area contributed by atoms with Crippen LogP contribution in [0.25, 0.3) is 0 Å². The quantitative estimate of drug-likeness (QED) is 0.364. The molecular weight excluding hydrogens is 452 g/mol. The summed E-state index contributed by atoms with van der Waals surface area (Å²) in [5.74, 6) is -0.188. The molecule has 186 valence electrons. The van der Waals surface area contributed by atoms with Gasteiger partial charge >= 0.3 is 0 Å². The lowest BCUT2D eigenvalue weighted by molar-refractivity contribution is -0.134. The number of nitrogens with zero attached hydrogens (tertiary/aromatic N) is 2. The first kappa shape index (κ1) is 26.7. The molecule has 0 spiro atoms. The Labute approximate surface area is 214 Å². The van der Waals surface area contributed by atoms with Crippen molar-refractivity contribution >= 4 is 23.2 Å². The van der Waals surface area contributed by atoms with Gasteiger partial charge in [-0.15, -0.1) is 11.3 Å². The zero-order valence-electron chi connectivity index (χ0n) is 22.1. The molecule has 0 N–H and O–H groups in total. The molecule has 1 aromatic heterocycles. The normalized spacial score (nSPS) is 11.9. The van der Waals surface area contributed by atoms with Gasteiger partial charge in [0.2, 0.25) is 5.91 Å². The summed E-state index contributed by atoms with van der Waals surface area (Å²) in [5, 5.41) is 0. The highest BCUT2D eigenvalue weighted by Crippen LogP contribution is 2.25. The third-order valence-corrected chi connectivity index (χ3v) is 7.04. The maximum Gasteiger partial charge on any atom is 0.254 e. The predicted octanol–water partition coefficient (Wildman–Crippen LogP) is 6.82. The molecule has 0 aliphatic carbocycles. The summed E-state index contributed by atoms with van der Waals surface area (Å²) in [6.45, 7) is 15.5. The molecular formula is C30H38N2O2S. The van der Waals surface area contributed by atoms with E-state index in [2.05, 4.69) is 39.8 Å². The number of hydrogen-bond acceptors (Lipinski definition) is 3. The fourth-order valence-corrected chi connectivity index (χ4v) is 4.82. The summed E-state index contributed by atoms with van der Waals surface area (Å²) < 4.78 is 0. The Bertz CT molecular complexity index is 1140. The molecule has 1 heterocycles. The van der Waals surface area contributed by atoms with Gasteiger partial charge in [-0.25, -0.2) is 0 Å². The van der Waals surface area contributed by atoms with Crippen molar-refractivity contribution in [1.82, 2.24) is 9.80 Å². The number of rotatable bonds is 7. The van der Waals surface area contributed by atoms with Gasteiger partial charge in [-0.1, -0.05) is 63.2 Å². The molecule has 35 heavy (non-hydrogen) atoms. The van der Waals surface area contributed by atoms with Crippen LogP contribution < -0.4 is 0 Å². The van der Waals surface area contributed by atoms with Crippen LogP contribution in [-0.4, -0.2) is 33.7 Å². The lowest BCUT2D eigenvalue weighted by Crippen LogP contribution is -2.51. The molecule has 0 bridgehead atoms. The lowest BCUT2D eigenvalue weighted by Gasteiger charge is -2.37. The minimum absolute atomic E-state index is 0.0132. The third-order valence-electron chi connectivity index (χ3n) is 6.06. The Morgan fingerprint density at radius 1 is 0.800 bits per heavy atom. The third kappa shape index (κ3) is 7.28. The summed E-state index contributed by atoms with van der Waals surface area (Å²) in [7, 11) is 0.